The molecular formula is C16H21N5O2. The Bertz CT molecular complexity index is 609. The van der Waals surface area contributed by atoms with Gasteiger partial charge in [-0.25, -0.2) is 4.98 Å². The zero-order valence-corrected chi connectivity index (χ0v) is 13.2. The summed E-state index contributed by atoms with van der Waals surface area (Å²) in [6.07, 6.45) is 6.76. The summed E-state index contributed by atoms with van der Waals surface area (Å²) in [5, 5.41) is 2.96. The van der Waals surface area contributed by atoms with Crippen molar-refractivity contribution in [2.75, 3.05) is 37.6 Å². The maximum atomic E-state index is 12.1. The lowest BCUT2D eigenvalue weighted by Gasteiger charge is -2.34. The monoisotopic (exact) mass is 315 g/mol. The molecule has 7 nitrogen and oxygen atoms in total. The molecule has 3 heterocycles. The smallest absolute Gasteiger partial charge is 0.234 e. The van der Waals surface area contributed by atoms with Crippen LogP contribution >= 0.6 is 0 Å². The summed E-state index contributed by atoms with van der Waals surface area (Å²) >= 11 is 0. The number of furan rings is 1. The van der Waals surface area contributed by atoms with E-state index in [1.807, 2.05) is 19.1 Å². The van der Waals surface area contributed by atoms with Gasteiger partial charge >= 0.3 is 0 Å². The molecule has 0 aromatic carbocycles. The summed E-state index contributed by atoms with van der Waals surface area (Å²) in [5.41, 5.74) is 0. The Morgan fingerprint density at radius 2 is 2.17 bits per heavy atom. The molecule has 1 N–H and O–H groups in total. The maximum absolute atomic E-state index is 12.1. The molecule has 0 aliphatic carbocycles. The van der Waals surface area contributed by atoms with E-state index in [-0.39, 0.29) is 11.9 Å². The third-order valence-corrected chi connectivity index (χ3v) is 3.96. The van der Waals surface area contributed by atoms with E-state index in [4.69, 9.17) is 4.42 Å². The van der Waals surface area contributed by atoms with Crippen molar-refractivity contribution < 1.29 is 9.21 Å². The number of rotatable bonds is 5. The van der Waals surface area contributed by atoms with Crippen LogP contribution in [0.15, 0.2) is 41.4 Å². The number of nitrogens with one attached hydrogen (secondary N) is 1. The van der Waals surface area contributed by atoms with Crippen LogP contribution in [0, 0.1) is 0 Å². The lowest BCUT2D eigenvalue weighted by Crippen LogP contribution is -2.49. The lowest BCUT2D eigenvalue weighted by molar-refractivity contribution is -0.123. The van der Waals surface area contributed by atoms with Gasteiger partial charge in [-0.2, -0.15) is 0 Å². The molecule has 1 aliphatic rings. The van der Waals surface area contributed by atoms with Gasteiger partial charge in [0.25, 0.3) is 0 Å². The third kappa shape index (κ3) is 4.07. The predicted molar refractivity (Wildman–Crippen MR) is 86.0 cm³/mol. The van der Waals surface area contributed by atoms with E-state index in [1.54, 1.807) is 24.9 Å². The fourth-order valence-corrected chi connectivity index (χ4v) is 2.69. The van der Waals surface area contributed by atoms with Crippen LogP contribution in [0.4, 0.5) is 5.82 Å². The standard InChI is InChI=1S/C16H21N5O2/c1-13(14-3-2-10-23-14)19-16(22)12-20-6-8-21(9-7-20)15-11-17-4-5-18-15/h2-5,10-11,13H,6-9,12H2,1H3,(H,19,22)/t13-/m0/s1. The highest BCUT2D eigenvalue weighted by Gasteiger charge is 2.21. The van der Waals surface area contributed by atoms with E-state index in [2.05, 4.69) is 25.1 Å². The Hall–Kier alpha value is -2.41. The fourth-order valence-electron chi connectivity index (χ4n) is 2.69. The molecule has 1 fully saturated rings. The van der Waals surface area contributed by atoms with E-state index in [0.717, 1.165) is 37.8 Å². The summed E-state index contributed by atoms with van der Waals surface area (Å²) in [4.78, 5) is 24.9. The minimum atomic E-state index is -0.113. The number of amides is 1. The lowest BCUT2D eigenvalue weighted by atomic mass is 10.2. The summed E-state index contributed by atoms with van der Waals surface area (Å²) in [6, 6.07) is 3.58. The maximum Gasteiger partial charge on any atom is 0.234 e. The van der Waals surface area contributed by atoms with Crippen molar-refractivity contribution in [2.45, 2.75) is 13.0 Å². The second kappa shape index (κ2) is 7.23. The highest BCUT2D eigenvalue weighted by molar-refractivity contribution is 5.78. The molecule has 0 spiro atoms. The van der Waals surface area contributed by atoms with Crippen molar-refractivity contribution >= 4 is 11.7 Å². The third-order valence-electron chi connectivity index (χ3n) is 3.96. The second-order valence-electron chi connectivity index (χ2n) is 5.63. The van der Waals surface area contributed by atoms with Gasteiger partial charge in [0.1, 0.15) is 11.6 Å². The van der Waals surface area contributed by atoms with Crippen LogP contribution in [0.25, 0.3) is 0 Å². The van der Waals surface area contributed by atoms with Gasteiger partial charge < -0.3 is 14.6 Å². The highest BCUT2D eigenvalue weighted by Crippen LogP contribution is 2.13. The Balaban J connectivity index is 1.44. The molecule has 0 unspecified atom stereocenters. The van der Waals surface area contributed by atoms with Gasteiger partial charge in [-0.3, -0.25) is 14.7 Å². The predicted octanol–water partition coefficient (Wildman–Crippen LogP) is 1.07. The molecule has 23 heavy (non-hydrogen) atoms. The Labute approximate surface area is 135 Å². The molecule has 2 aromatic heterocycles. The molecule has 0 saturated carbocycles. The van der Waals surface area contributed by atoms with Gasteiger partial charge in [0, 0.05) is 38.6 Å². The van der Waals surface area contributed by atoms with Crippen LogP contribution in [-0.2, 0) is 4.79 Å². The minimum absolute atomic E-state index is 0.0156. The van der Waals surface area contributed by atoms with Gasteiger partial charge in [0.05, 0.1) is 25.0 Å². The summed E-state index contributed by atoms with van der Waals surface area (Å²) in [7, 11) is 0. The van der Waals surface area contributed by atoms with E-state index < -0.39 is 0 Å². The number of anilines is 1. The van der Waals surface area contributed by atoms with Crippen LogP contribution < -0.4 is 10.2 Å². The summed E-state index contributed by atoms with van der Waals surface area (Å²) in [6.45, 7) is 5.68. The normalized spacial score (nSPS) is 17.0. The zero-order valence-electron chi connectivity index (χ0n) is 13.2. The van der Waals surface area contributed by atoms with Crippen LogP contribution in [-0.4, -0.2) is 53.5 Å². The molecule has 1 amide bonds. The summed E-state index contributed by atoms with van der Waals surface area (Å²) in [5.74, 6) is 1.68. The average Bonchev–Trinajstić information content (AvgIpc) is 3.11. The van der Waals surface area contributed by atoms with Crippen LogP contribution in [0.1, 0.15) is 18.7 Å². The molecule has 7 heteroatoms. The van der Waals surface area contributed by atoms with E-state index in [9.17, 15) is 4.79 Å². The largest absolute Gasteiger partial charge is 0.467 e. The van der Waals surface area contributed by atoms with Gasteiger partial charge in [-0.15, -0.1) is 0 Å². The second-order valence-corrected chi connectivity index (χ2v) is 5.63. The van der Waals surface area contributed by atoms with Crippen molar-refractivity contribution in [3.63, 3.8) is 0 Å². The number of carbonyl (C=O) groups excluding carboxylic acids is 1. The van der Waals surface area contributed by atoms with Crippen molar-refractivity contribution in [2.24, 2.45) is 0 Å². The van der Waals surface area contributed by atoms with Crippen molar-refractivity contribution in [3.8, 4) is 0 Å². The fraction of sp³-hybridized carbons (Fsp3) is 0.438. The van der Waals surface area contributed by atoms with Crippen molar-refractivity contribution in [1.29, 1.82) is 0 Å². The quantitative estimate of drug-likeness (QED) is 0.889. The van der Waals surface area contributed by atoms with Gasteiger partial charge in [0.15, 0.2) is 0 Å². The van der Waals surface area contributed by atoms with E-state index in [1.165, 1.54) is 0 Å². The van der Waals surface area contributed by atoms with Crippen LogP contribution in [0.3, 0.4) is 0 Å². The Morgan fingerprint density at radius 1 is 1.35 bits per heavy atom. The molecule has 1 saturated heterocycles. The first kappa shape index (κ1) is 15.5. The minimum Gasteiger partial charge on any atom is -0.467 e. The molecule has 1 aliphatic heterocycles. The molecule has 122 valence electrons. The number of aromatic nitrogens is 2. The molecule has 1 atom stereocenters. The van der Waals surface area contributed by atoms with Crippen molar-refractivity contribution in [3.05, 3.63) is 42.7 Å². The molecule has 2 aromatic rings. The average molecular weight is 315 g/mol. The Kier molecular flexibility index (Phi) is 4.87. The SMILES string of the molecule is C[C@H](NC(=O)CN1CCN(c2cnccn2)CC1)c1ccco1. The number of piperazine rings is 1. The van der Waals surface area contributed by atoms with Crippen molar-refractivity contribution in [1.82, 2.24) is 20.2 Å². The number of nitrogens with zero attached hydrogens (tertiary/aromatic N) is 4. The topological polar surface area (TPSA) is 74.5 Å². The molecule has 0 radical (unpaired) electrons. The van der Waals surface area contributed by atoms with Crippen LogP contribution in [0.2, 0.25) is 0 Å². The van der Waals surface area contributed by atoms with E-state index in [0.29, 0.717) is 6.54 Å². The van der Waals surface area contributed by atoms with E-state index >= 15 is 0 Å². The van der Waals surface area contributed by atoms with Gasteiger partial charge in [-0.1, -0.05) is 0 Å². The first-order chi connectivity index (χ1) is 11.2. The molecule has 0 bridgehead atoms. The number of hydrogen-bond acceptors (Lipinski definition) is 6. The number of carbonyl (C=O) groups is 1. The first-order valence-corrected chi connectivity index (χ1v) is 7.78. The first-order valence-electron chi connectivity index (χ1n) is 7.78. The van der Waals surface area contributed by atoms with Gasteiger partial charge in [0.2, 0.25) is 5.91 Å². The molecule has 3 rings (SSSR count). The van der Waals surface area contributed by atoms with Gasteiger partial charge in [-0.05, 0) is 19.1 Å². The van der Waals surface area contributed by atoms with Crippen LogP contribution in [0.5, 0.6) is 0 Å². The highest BCUT2D eigenvalue weighted by atomic mass is 16.3. The molecular weight excluding hydrogens is 294 g/mol. The number of hydrogen-bond donors (Lipinski definition) is 1. The Morgan fingerprint density at radius 3 is 2.83 bits per heavy atom. The zero-order chi connectivity index (χ0) is 16.1. The summed E-state index contributed by atoms with van der Waals surface area (Å²) < 4.78 is 5.30.